The highest BCUT2D eigenvalue weighted by atomic mass is 16.5. The minimum Gasteiger partial charge on any atom is -0.434 e. The SMILES string of the molecule is O=C(/C(=N\O)Oc1ccc(/C=N/c2nc(/N=C/c3ccc(O/C(=N/O)C(=O)c4ccccc4)cc3)nc(/N=C/c3ccc(O/C(=N/O)C(=O)c4ccccc4)cc3)n2)cc1)c1ccccc1. The van der Waals surface area contributed by atoms with Crippen LogP contribution in [0.25, 0.3) is 0 Å². The van der Waals surface area contributed by atoms with Crippen LogP contribution in [-0.4, -0.2) is 84.3 Å². The van der Waals surface area contributed by atoms with Crippen LogP contribution in [0.4, 0.5) is 17.8 Å². The second kappa shape index (κ2) is 21.8. The van der Waals surface area contributed by atoms with E-state index in [1.165, 1.54) is 18.6 Å². The van der Waals surface area contributed by atoms with Crippen molar-refractivity contribution in [3.8, 4) is 17.2 Å². The summed E-state index contributed by atoms with van der Waals surface area (Å²) in [7, 11) is 0. The number of carbonyl (C=O) groups excluding carboxylic acids is 3. The first-order valence-electron chi connectivity index (χ1n) is 19.5. The molecular formula is C48H33N9O9. The van der Waals surface area contributed by atoms with Crippen molar-refractivity contribution in [2.45, 2.75) is 0 Å². The summed E-state index contributed by atoms with van der Waals surface area (Å²) in [6.07, 6.45) is 4.39. The number of benzene rings is 6. The molecule has 0 aliphatic carbocycles. The molecule has 18 nitrogen and oxygen atoms in total. The van der Waals surface area contributed by atoms with Gasteiger partial charge in [-0.3, -0.25) is 14.4 Å². The number of carbonyl (C=O) groups is 3. The standard InChI is InChI=1S/C48H33N9O9/c58-40(34-10-4-1-5-11-34)43(55-61)64-37-22-16-31(17-23-37)28-49-46-52-47(50-29-32-18-24-38(25-19-32)65-44(56-62)41(59)35-12-6-2-7-13-35)54-48(53-46)51-30-33-20-26-39(27-21-33)66-45(57-63)42(60)36-14-8-3-9-15-36/h1-30,61-63H/b49-28+,50-29+,51-30+,55-43+,56-44+,57-45+. The summed E-state index contributed by atoms with van der Waals surface area (Å²) < 4.78 is 16.6. The largest absolute Gasteiger partial charge is 0.434 e. The van der Waals surface area contributed by atoms with E-state index in [1.54, 1.807) is 164 Å². The fraction of sp³-hybridized carbons (Fsp3) is 0. The molecule has 18 heteroatoms. The zero-order valence-corrected chi connectivity index (χ0v) is 34.1. The molecular weight excluding hydrogens is 847 g/mol. The molecule has 0 atom stereocenters. The fourth-order valence-electron chi connectivity index (χ4n) is 5.59. The van der Waals surface area contributed by atoms with Gasteiger partial charge in [0.1, 0.15) is 17.2 Å². The lowest BCUT2D eigenvalue weighted by molar-refractivity contribution is 0.103. The predicted molar refractivity (Wildman–Crippen MR) is 243 cm³/mol. The molecule has 0 saturated heterocycles. The molecule has 7 rings (SSSR count). The molecule has 0 aliphatic rings. The molecule has 6 aromatic carbocycles. The van der Waals surface area contributed by atoms with Gasteiger partial charge in [-0.15, -0.1) is 0 Å². The molecule has 0 aliphatic heterocycles. The summed E-state index contributed by atoms with van der Waals surface area (Å²) in [5.41, 5.74) is 2.60. The molecule has 0 radical (unpaired) electrons. The lowest BCUT2D eigenvalue weighted by atomic mass is 10.1. The van der Waals surface area contributed by atoms with Gasteiger partial charge in [-0.25, -0.2) is 15.0 Å². The lowest BCUT2D eigenvalue weighted by Crippen LogP contribution is -2.21. The topological polar surface area (TPSA) is 252 Å². The predicted octanol–water partition coefficient (Wildman–Crippen LogP) is 8.27. The zero-order chi connectivity index (χ0) is 46.1. The third kappa shape index (κ3) is 12.0. The van der Waals surface area contributed by atoms with Gasteiger partial charge in [0.2, 0.25) is 0 Å². The number of Topliss-reactive ketones (excluding diaryl/α,β-unsaturated/α-hetero) is 3. The van der Waals surface area contributed by atoms with Gasteiger partial charge in [0.05, 0.1) is 0 Å². The van der Waals surface area contributed by atoms with E-state index in [0.29, 0.717) is 16.7 Å². The number of hydrogen-bond acceptors (Lipinski definition) is 18. The van der Waals surface area contributed by atoms with Crippen LogP contribution in [-0.2, 0) is 0 Å². The van der Waals surface area contributed by atoms with E-state index >= 15 is 0 Å². The molecule has 1 heterocycles. The minimum atomic E-state index is -0.606. The highest BCUT2D eigenvalue weighted by molar-refractivity contribution is 6.44. The summed E-state index contributed by atoms with van der Waals surface area (Å²) in [5, 5.41) is 37.4. The van der Waals surface area contributed by atoms with Gasteiger partial charge in [0.15, 0.2) is 0 Å². The highest BCUT2D eigenvalue weighted by Crippen LogP contribution is 2.20. The maximum Gasteiger partial charge on any atom is 0.304 e. The van der Waals surface area contributed by atoms with Gasteiger partial charge in [-0.2, -0.15) is 15.0 Å². The summed E-state index contributed by atoms with van der Waals surface area (Å²) in [5.74, 6) is -2.85. The van der Waals surface area contributed by atoms with E-state index in [2.05, 4.69) is 45.4 Å². The Labute approximate surface area is 374 Å². The maximum atomic E-state index is 12.7. The smallest absolute Gasteiger partial charge is 0.304 e. The maximum absolute atomic E-state index is 12.7. The van der Waals surface area contributed by atoms with Gasteiger partial charge in [0.25, 0.3) is 35.2 Å². The lowest BCUT2D eigenvalue weighted by Gasteiger charge is -2.07. The number of ether oxygens (including phenoxy) is 3. The second-order valence-corrected chi connectivity index (χ2v) is 13.3. The molecule has 0 fully saturated rings. The summed E-state index contributed by atoms with van der Waals surface area (Å²) in [6, 6.07) is 43.8. The third-order valence-corrected chi connectivity index (χ3v) is 8.83. The molecule has 0 bridgehead atoms. The van der Waals surface area contributed by atoms with Crippen molar-refractivity contribution in [2.24, 2.45) is 30.4 Å². The Morgan fingerprint density at radius 2 is 0.606 bits per heavy atom. The molecule has 0 unspecified atom stereocenters. The van der Waals surface area contributed by atoms with Crippen molar-refractivity contribution in [1.82, 2.24) is 15.0 Å². The first-order chi connectivity index (χ1) is 32.3. The van der Waals surface area contributed by atoms with Gasteiger partial charge in [-0.1, -0.05) is 91.0 Å². The normalized spacial score (nSPS) is 12.1. The Morgan fingerprint density at radius 1 is 0.364 bits per heavy atom. The van der Waals surface area contributed by atoms with Crippen LogP contribution in [0.15, 0.2) is 194 Å². The molecule has 0 spiro atoms. The number of aromatic nitrogens is 3. The number of aliphatic imine (C=N–C) groups is 3. The van der Waals surface area contributed by atoms with E-state index in [-0.39, 0.29) is 51.8 Å². The Hall–Kier alpha value is -9.84. The van der Waals surface area contributed by atoms with Crippen molar-refractivity contribution in [3.05, 3.63) is 197 Å². The Kier molecular flexibility index (Phi) is 14.6. The zero-order valence-electron chi connectivity index (χ0n) is 34.1. The Morgan fingerprint density at radius 3 is 0.833 bits per heavy atom. The average molecular weight is 880 g/mol. The molecule has 0 amide bonds. The van der Waals surface area contributed by atoms with Crippen LogP contribution < -0.4 is 14.2 Å². The summed E-state index contributed by atoms with van der Waals surface area (Å²) >= 11 is 0. The van der Waals surface area contributed by atoms with Crippen molar-refractivity contribution < 1.29 is 44.2 Å². The van der Waals surface area contributed by atoms with Crippen LogP contribution in [0.1, 0.15) is 47.8 Å². The summed E-state index contributed by atoms with van der Waals surface area (Å²) in [4.78, 5) is 64.5. The van der Waals surface area contributed by atoms with Crippen molar-refractivity contribution in [3.63, 3.8) is 0 Å². The van der Waals surface area contributed by atoms with Gasteiger partial charge in [-0.05, 0) is 105 Å². The average Bonchev–Trinajstić information content (AvgIpc) is 3.38. The van der Waals surface area contributed by atoms with Crippen LogP contribution in [0.2, 0.25) is 0 Å². The first kappa shape index (κ1) is 44.2. The van der Waals surface area contributed by atoms with Crippen LogP contribution >= 0.6 is 0 Å². The Balaban J connectivity index is 1.08. The van der Waals surface area contributed by atoms with Crippen LogP contribution in [0.3, 0.4) is 0 Å². The Bertz CT molecular complexity index is 2660. The van der Waals surface area contributed by atoms with E-state index in [9.17, 15) is 30.0 Å². The van der Waals surface area contributed by atoms with Gasteiger partial charge < -0.3 is 29.8 Å². The molecule has 0 saturated carbocycles. The molecule has 1 aromatic heterocycles. The first-order valence-corrected chi connectivity index (χ1v) is 19.5. The number of ketones is 3. The molecule has 7 aromatic rings. The summed E-state index contributed by atoms with van der Waals surface area (Å²) in [6.45, 7) is 0. The monoisotopic (exact) mass is 879 g/mol. The van der Waals surface area contributed by atoms with Crippen molar-refractivity contribution >= 4 is 71.5 Å². The van der Waals surface area contributed by atoms with E-state index in [4.69, 9.17) is 14.2 Å². The number of rotatable bonds is 15. The van der Waals surface area contributed by atoms with Crippen LogP contribution in [0, 0.1) is 0 Å². The third-order valence-electron chi connectivity index (χ3n) is 8.83. The van der Waals surface area contributed by atoms with E-state index in [1.807, 2.05) is 0 Å². The second-order valence-electron chi connectivity index (χ2n) is 13.3. The van der Waals surface area contributed by atoms with Crippen molar-refractivity contribution in [2.75, 3.05) is 0 Å². The van der Waals surface area contributed by atoms with E-state index < -0.39 is 35.0 Å². The molecule has 3 N–H and O–H groups in total. The van der Waals surface area contributed by atoms with Gasteiger partial charge in [0, 0.05) is 35.3 Å². The van der Waals surface area contributed by atoms with Crippen LogP contribution in [0.5, 0.6) is 17.2 Å². The molecule has 324 valence electrons. The van der Waals surface area contributed by atoms with Gasteiger partial charge >= 0.3 is 17.7 Å². The highest BCUT2D eigenvalue weighted by Gasteiger charge is 2.20. The number of hydrogen-bond donors (Lipinski definition) is 3. The quantitative estimate of drug-likeness (QED) is 0.0289. The van der Waals surface area contributed by atoms with Crippen molar-refractivity contribution in [1.29, 1.82) is 0 Å². The fourth-order valence-corrected chi connectivity index (χ4v) is 5.59. The number of nitrogens with zero attached hydrogens (tertiary/aromatic N) is 9. The minimum absolute atomic E-state index is 0.0573. The molecule has 66 heavy (non-hydrogen) atoms. The van der Waals surface area contributed by atoms with E-state index in [0.717, 1.165) is 0 Å². The number of oxime groups is 3.